The van der Waals surface area contributed by atoms with E-state index in [1.807, 2.05) is 44.2 Å². The highest BCUT2D eigenvalue weighted by Gasteiger charge is 2.72. The summed E-state index contributed by atoms with van der Waals surface area (Å²) < 4.78 is 0. The molecule has 0 saturated heterocycles. The van der Waals surface area contributed by atoms with Crippen LogP contribution in [-0.4, -0.2) is 11.7 Å². The minimum Gasteiger partial charge on any atom is -0.320 e. The lowest BCUT2D eigenvalue weighted by Gasteiger charge is -2.38. The largest absolute Gasteiger partial charge is 0.320 e. The zero-order valence-electron chi connectivity index (χ0n) is 15.3. The number of fused-ring (bicyclic) bond motifs is 3. The van der Waals surface area contributed by atoms with Gasteiger partial charge in [-0.15, -0.1) is 0 Å². The van der Waals surface area contributed by atoms with E-state index in [-0.39, 0.29) is 22.5 Å². The lowest BCUT2D eigenvalue weighted by molar-refractivity contribution is -0.354. The average molecular weight is 337 g/mol. The molecule has 130 valence electrons. The van der Waals surface area contributed by atoms with Crippen LogP contribution in [-0.2, 0) is 9.59 Å². The number of amides is 1. The molecule has 25 heavy (non-hydrogen) atoms. The number of anilines is 1. The van der Waals surface area contributed by atoms with E-state index in [0.29, 0.717) is 6.42 Å². The van der Waals surface area contributed by atoms with Crippen molar-refractivity contribution in [3.63, 3.8) is 0 Å². The van der Waals surface area contributed by atoms with Crippen LogP contribution in [0.15, 0.2) is 30.3 Å². The van der Waals surface area contributed by atoms with Gasteiger partial charge in [0.05, 0.1) is 5.41 Å². The lowest BCUT2D eigenvalue weighted by Crippen LogP contribution is -2.43. The predicted molar refractivity (Wildman–Crippen MR) is 97.0 cm³/mol. The summed E-state index contributed by atoms with van der Waals surface area (Å²) in [5.74, 6) is 0.216. The molecule has 0 spiro atoms. The zero-order valence-corrected chi connectivity index (χ0v) is 15.3. The van der Waals surface area contributed by atoms with Crippen molar-refractivity contribution in [3.8, 4) is 0 Å². The highest BCUT2D eigenvalue weighted by molar-refractivity contribution is 6.07. The number of benzene rings is 1. The Kier molecular flexibility index (Phi) is 3.19. The van der Waals surface area contributed by atoms with Crippen LogP contribution >= 0.6 is 0 Å². The van der Waals surface area contributed by atoms with Crippen LogP contribution in [0.1, 0.15) is 45.7 Å². The standard InChI is InChI=1S/C21H24N2O2/c1-13-8-9-14-6-5-7-15(17(14)22-13)23-18(25)21-11-10-20(4,16(24)12-21)19(21,2)3/h5-9H,10-12H2,1-4H3,(H,23,25)/p+1. The summed E-state index contributed by atoms with van der Waals surface area (Å²) in [6.45, 7) is 8.21. The normalized spacial score (nSPS) is 30.0. The summed E-state index contributed by atoms with van der Waals surface area (Å²) >= 11 is 0. The van der Waals surface area contributed by atoms with Crippen LogP contribution in [0.25, 0.3) is 10.9 Å². The Morgan fingerprint density at radius 1 is 1.12 bits per heavy atom. The zero-order chi connectivity index (χ0) is 18.0. The van der Waals surface area contributed by atoms with Gasteiger partial charge in [-0.05, 0) is 36.5 Å². The number of H-pyrrole nitrogens is 1. The van der Waals surface area contributed by atoms with Gasteiger partial charge in [-0.25, -0.2) is 4.98 Å². The minimum atomic E-state index is -0.606. The van der Waals surface area contributed by atoms with Crippen LogP contribution in [0.4, 0.5) is 5.69 Å². The molecule has 2 saturated carbocycles. The number of Topliss-reactive ketones (excluding diaryl/α,β-unsaturated/α-hetero) is 1. The van der Waals surface area contributed by atoms with Crippen molar-refractivity contribution in [1.82, 2.24) is 0 Å². The third-order valence-corrected chi connectivity index (χ3v) is 7.32. The first-order chi connectivity index (χ1) is 11.7. The maximum absolute atomic E-state index is 13.3. The molecule has 0 radical (unpaired) electrons. The lowest BCUT2D eigenvalue weighted by atomic mass is 9.64. The molecule has 2 aliphatic rings. The molecular weight excluding hydrogens is 312 g/mol. The minimum absolute atomic E-state index is 0.0190. The summed E-state index contributed by atoms with van der Waals surface area (Å²) in [6.07, 6.45) is 1.93. The molecule has 4 heteroatoms. The van der Waals surface area contributed by atoms with Crippen molar-refractivity contribution < 1.29 is 14.6 Å². The number of rotatable bonds is 2. The van der Waals surface area contributed by atoms with E-state index in [2.05, 4.69) is 24.1 Å². The van der Waals surface area contributed by atoms with Gasteiger partial charge in [0, 0.05) is 30.2 Å². The molecule has 2 unspecified atom stereocenters. The van der Waals surface area contributed by atoms with Gasteiger partial charge in [-0.3, -0.25) is 9.59 Å². The molecule has 0 aliphatic heterocycles. The number of aryl methyl sites for hydroxylation is 1. The first-order valence-corrected chi connectivity index (χ1v) is 8.98. The fourth-order valence-electron chi connectivity index (χ4n) is 5.01. The Morgan fingerprint density at radius 2 is 1.88 bits per heavy atom. The number of para-hydroxylation sites is 1. The molecule has 1 aromatic carbocycles. The SMILES string of the molecule is Cc1ccc2cccc(NC(=O)C34CCC(C)(C(=O)C3)C4(C)C)c2[nH+]1. The van der Waals surface area contributed by atoms with Crippen molar-refractivity contribution in [3.05, 3.63) is 36.0 Å². The molecule has 1 heterocycles. The van der Waals surface area contributed by atoms with E-state index in [9.17, 15) is 9.59 Å². The molecule has 4 rings (SSSR count). The predicted octanol–water partition coefficient (Wildman–Crippen LogP) is 3.69. The van der Waals surface area contributed by atoms with Gasteiger partial charge >= 0.3 is 0 Å². The number of aromatic nitrogens is 1. The highest BCUT2D eigenvalue weighted by Crippen LogP contribution is 2.70. The third kappa shape index (κ3) is 1.91. The molecule has 2 aliphatic carbocycles. The van der Waals surface area contributed by atoms with Crippen molar-refractivity contribution >= 4 is 28.3 Å². The van der Waals surface area contributed by atoms with Crippen LogP contribution in [0, 0.1) is 23.2 Å². The second kappa shape index (κ2) is 4.90. The number of ketones is 1. The Balaban J connectivity index is 1.75. The second-order valence-electron chi connectivity index (χ2n) is 8.50. The number of hydrogen-bond acceptors (Lipinski definition) is 2. The van der Waals surface area contributed by atoms with Crippen LogP contribution in [0.2, 0.25) is 0 Å². The van der Waals surface area contributed by atoms with Crippen LogP contribution in [0.3, 0.4) is 0 Å². The van der Waals surface area contributed by atoms with Crippen LogP contribution in [0.5, 0.6) is 0 Å². The molecular formula is C21H25N2O2+. The van der Waals surface area contributed by atoms with E-state index < -0.39 is 5.41 Å². The average Bonchev–Trinajstić information content (AvgIpc) is 2.86. The van der Waals surface area contributed by atoms with Crippen LogP contribution < -0.4 is 10.3 Å². The molecule has 2 fully saturated rings. The third-order valence-electron chi connectivity index (χ3n) is 7.32. The summed E-state index contributed by atoms with van der Waals surface area (Å²) in [5.41, 5.74) is 1.43. The van der Waals surface area contributed by atoms with Gasteiger partial charge in [0.2, 0.25) is 11.4 Å². The molecule has 4 nitrogen and oxygen atoms in total. The molecule has 1 aromatic heterocycles. The van der Waals surface area contributed by atoms with Crippen molar-refractivity contribution in [2.75, 3.05) is 5.32 Å². The molecule has 1 amide bonds. The van der Waals surface area contributed by atoms with Crippen molar-refractivity contribution in [2.24, 2.45) is 16.2 Å². The number of carbonyl (C=O) groups excluding carboxylic acids is 2. The summed E-state index contributed by atoms with van der Waals surface area (Å²) in [7, 11) is 0. The Bertz CT molecular complexity index is 917. The fraction of sp³-hybridized carbons (Fsp3) is 0.476. The van der Waals surface area contributed by atoms with Gasteiger partial charge in [-0.2, -0.15) is 0 Å². The summed E-state index contributed by atoms with van der Waals surface area (Å²) in [6, 6.07) is 9.96. The first kappa shape index (κ1) is 16.2. The fourth-order valence-corrected chi connectivity index (χ4v) is 5.01. The molecule has 2 N–H and O–H groups in total. The highest BCUT2D eigenvalue weighted by atomic mass is 16.2. The number of pyridine rings is 1. The Hall–Kier alpha value is -2.23. The maximum atomic E-state index is 13.3. The number of nitrogens with one attached hydrogen (secondary N) is 2. The van der Waals surface area contributed by atoms with Gasteiger partial charge in [0.25, 0.3) is 0 Å². The quantitative estimate of drug-likeness (QED) is 0.908. The summed E-state index contributed by atoms with van der Waals surface area (Å²) in [5, 5.41) is 4.20. The summed E-state index contributed by atoms with van der Waals surface area (Å²) in [4.78, 5) is 29.3. The van der Waals surface area contributed by atoms with Gasteiger partial charge in [0.15, 0.2) is 5.69 Å². The first-order valence-electron chi connectivity index (χ1n) is 8.98. The van der Waals surface area contributed by atoms with E-state index in [1.54, 1.807) is 0 Å². The topological polar surface area (TPSA) is 60.3 Å². The second-order valence-corrected chi connectivity index (χ2v) is 8.50. The Labute approximate surface area is 148 Å². The van der Waals surface area contributed by atoms with E-state index in [0.717, 1.165) is 35.1 Å². The number of hydrogen-bond donors (Lipinski definition) is 1. The van der Waals surface area contributed by atoms with Gasteiger partial charge in [0.1, 0.15) is 11.5 Å². The maximum Gasteiger partial charge on any atom is 0.234 e. The van der Waals surface area contributed by atoms with E-state index in [1.165, 1.54) is 0 Å². The van der Waals surface area contributed by atoms with Crippen molar-refractivity contribution in [1.29, 1.82) is 0 Å². The van der Waals surface area contributed by atoms with E-state index >= 15 is 0 Å². The molecule has 2 atom stereocenters. The number of carbonyl (C=O) groups is 2. The molecule has 2 bridgehead atoms. The number of aromatic amines is 1. The van der Waals surface area contributed by atoms with Gasteiger partial charge < -0.3 is 5.32 Å². The molecule has 2 aromatic rings. The Morgan fingerprint density at radius 3 is 2.52 bits per heavy atom. The van der Waals surface area contributed by atoms with Gasteiger partial charge in [-0.1, -0.05) is 26.8 Å². The monoisotopic (exact) mass is 337 g/mol. The van der Waals surface area contributed by atoms with Crippen molar-refractivity contribution in [2.45, 2.75) is 47.0 Å². The smallest absolute Gasteiger partial charge is 0.234 e. The van der Waals surface area contributed by atoms with E-state index in [4.69, 9.17) is 0 Å².